The Balaban J connectivity index is 2.57. The van der Waals surface area contributed by atoms with Crippen molar-refractivity contribution >= 4 is 5.78 Å². The molecule has 0 saturated heterocycles. The van der Waals surface area contributed by atoms with Crippen LogP contribution in [-0.4, -0.2) is 12.4 Å². The van der Waals surface area contributed by atoms with Crippen LogP contribution in [0.5, 0.6) is 5.75 Å². The summed E-state index contributed by atoms with van der Waals surface area (Å²) in [6.07, 6.45) is 0. The number of Topliss-reactive ketones (excluding diaryl/α,β-unsaturated/α-hetero) is 1. The molecule has 0 aromatic heterocycles. The molecule has 2 nitrogen and oxygen atoms in total. The highest BCUT2D eigenvalue weighted by molar-refractivity contribution is 5.77. The monoisotopic (exact) mass is 164 g/mol. The van der Waals surface area contributed by atoms with Gasteiger partial charge in [-0.1, -0.05) is 12.1 Å². The van der Waals surface area contributed by atoms with E-state index in [1.807, 2.05) is 31.2 Å². The molecule has 0 N–H and O–H groups in total. The minimum atomic E-state index is 0.0384. The molecule has 1 rings (SSSR count). The third kappa shape index (κ3) is 2.74. The van der Waals surface area contributed by atoms with Crippen LogP contribution in [0, 0.1) is 6.92 Å². The largest absolute Gasteiger partial charge is 0.486 e. The summed E-state index contributed by atoms with van der Waals surface area (Å²) in [4.78, 5) is 10.6. The first kappa shape index (κ1) is 8.78. The third-order valence-electron chi connectivity index (χ3n) is 1.43. The van der Waals surface area contributed by atoms with E-state index in [0.717, 1.165) is 11.3 Å². The maximum absolute atomic E-state index is 10.6. The van der Waals surface area contributed by atoms with Crippen LogP contribution in [0.15, 0.2) is 24.3 Å². The Hall–Kier alpha value is -1.31. The van der Waals surface area contributed by atoms with Crippen molar-refractivity contribution in [2.24, 2.45) is 0 Å². The van der Waals surface area contributed by atoms with Gasteiger partial charge >= 0.3 is 0 Å². The lowest BCUT2D eigenvalue weighted by atomic mass is 10.2. The van der Waals surface area contributed by atoms with Crippen LogP contribution < -0.4 is 4.74 Å². The molecule has 0 spiro atoms. The number of ketones is 1. The highest BCUT2D eigenvalue weighted by atomic mass is 16.5. The predicted molar refractivity (Wildman–Crippen MR) is 47.4 cm³/mol. The first-order chi connectivity index (χ1) is 5.68. The number of aryl methyl sites for hydroxylation is 1. The molecule has 0 aliphatic heterocycles. The average Bonchev–Trinajstić information content (AvgIpc) is 2.01. The molecule has 12 heavy (non-hydrogen) atoms. The molecule has 0 radical (unpaired) electrons. The van der Waals surface area contributed by atoms with E-state index in [9.17, 15) is 4.79 Å². The van der Waals surface area contributed by atoms with Crippen LogP contribution in [0.1, 0.15) is 12.5 Å². The molecular weight excluding hydrogens is 152 g/mol. The smallest absolute Gasteiger partial charge is 0.167 e. The number of hydrogen-bond donors (Lipinski definition) is 0. The fourth-order valence-corrected chi connectivity index (χ4v) is 0.890. The van der Waals surface area contributed by atoms with Crippen LogP contribution in [-0.2, 0) is 4.79 Å². The van der Waals surface area contributed by atoms with Gasteiger partial charge in [-0.3, -0.25) is 4.79 Å². The summed E-state index contributed by atoms with van der Waals surface area (Å²) in [7, 11) is 0. The maximum atomic E-state index is 10.6. The van der Waals surface area contributed by atoms with Crippen molar-refractivity contribution in [3.63, 3.8) is 0 Å². The SMILES string of the molecule is CC(=O)COc1cccc(C)c1. The van der Waals surface area contributed by atoms with E-state index < -0.39 is 0 Å². The molecule has 0 amide bonds. The van der Waals surface area contributed by atoms with Crippen molar-refractivity contribution in [3.8, 4) is 5.75 Å². The minimum absolute atomic E-state index is 0.0384. The van der Waals surface area contributed by atoms with Crippen molar-refractivity contribution < 1.29 is 9.53 Å². The molecule has 1 aromatic carbocycles. The van der Waals surface area contributed by atoms with E-state index >= 15 is 0 Å². The molecular formula is C10H12O2. The number of benzene rings is 1. The zero-order chi connectivity index (χ0) is 8.97. The van der Waals surface area contributed by atoms with Gasteiger partial charge in [0.05, 0.1) is 0 Å². The van der Waals surface area contributed by atoms with Crippen molar-refractivity contribution in [2.45, 2.75) is 13.8 Å². The van der Waals surface area contributed by atoms with Crippen molar-refractivity contribution in [2.75, 3.05) is 6.61 Å². The standard InChI is InChI=1S/C10H12O2/c1-8-4-3-5-10(6-8)12-7-9(2)11/h3-6H,7H2,1-2H3. The lowest BCUT2D eigenvalue weighted by Gasteiger charge is -2.03. The fourth-order valence-electron chi connectivity index (χ4n) is 0.890. The quantitative estimate of drug-likeness (QED) is 0.682. The number of carbonyl (C=O) groups excluding carboxylic acids is 1. The van der Waals surface area contributed by atoms with Gasteiger partial charge in [0.1, 0.15) is 12.4 Å². The Kier molecular flexibility index (Phi) is 2.86. The van der Waals surface area contributed by atoms with Gasteiger partial charge in [0.2, 0.25) is 0 Å². The second-order valence-corrected chi connectivity index (χ2v) is 2.81. The van der Waals surface area contributed by atoms with Gasteiger partial charge in [0.15, 0.2) is 5.78 Å². The topological polar surface area (TPSA) is 26.3 Å². The van der Waals surface area contributed by atoms with E-state index in [4.69, 9.17) is 4.74 Å². The Morgan fingerprint density at radius 2 is 2.25 bits per heavy atom. The van der Waals surface area contributed by atoms with Crippen LogP contribution >= 0.6 is 0 Å². The number of carbonyl (C=O) groups is 1. The fraction of sp³-hybridized carbons (Fsp3) is 0.300. The van der Waals surface area contributed by atoms with Gasteiger partial charge < -0.3 is 4.74 Å². The molecule has 0 fully saturated rings. The van der Waals surface area contributed by atoms with Gasteiger partial charge in [-0.05, 0) is 31.5 Å². The van der Waals surface area contributed by atoms with E-state index in [1.165, 1.54) is 6.92 Å². The van der Waals surface area contributed by atoms with Gasteiger partial charge in [-0.25, -0.2) is 0 Å². The summed E-state index contributed by atoms with van der Waals surface area (Å²) in [5, 5.41) is 0. The van der Waals surface area contributed by atoms with Gasteiger partial charge in [0.25, 0.3) is 0 Å². The van der Waals surface area contributed by atoms with Crippen molar-refractivity contribution in [1.29, 1.82) is 0 Å². The molecule has 1 aromatic rings. The first-order valence-electron chi connectivity index (χ1n) is 3.87. The normalized spacial score (nSPS) is 9.50. The van der Waals surface area contributed by atoms with E-state index in [2.05, 4.69) is 0 Å². The lowest BCUT2D eigenvalue weighted by Crippen LogP contribution is -2.06. The van der Waals surface area contributed by atoms with Crippen LogP contribution in [0.25, 0.3) is 0 Å². The zero-order valence-corrected chi connectivity index (χ0v) is 7.33. The summed E-state index contributed by atoms with van der Waals surface area (Å²) in [5.74, 6) is 0.793. The highest BCUT2D eigenvalue weighted by Crippen LogP contribution is 2.11. The van der Waals surface area contributed by atoms with Gasteiger partial charge in [-0.15, -0.1) is 0 Å². The second kappa shape index (κ2) is 3.90. The number of rotatable bonds is 3. The van der Waals surface area contributed by atoms with Crippen molar-refractivity contribution in [3.05, 3.63) is 29.8 Å². The highest BCUT2D eigenvalue weighted by Gasteiger charge is 1.95. The molecule has 2 heteroatoms. The minimum Gasteiger partial charge on any atom is -0.486 e. The molecule has 0 saturated carbocycles. The molecule has 0 heterocycles. The van der Waals surface area contributed by atoms with E-state index in [0.29, 0.717) is 0 Å². The number of ether oxygens (including phenoxy) is 1. The Morgan fingerprint density at radius 3 is 2.83 bits per heavy atom. The van der Waals surface area contributed by atoms with Crippen LogP contribution in [0.4, 0.5) is 0 Å². The third-order valence-corrected chi connectivity index (χ3v) is 1.43. The summed E-state index contributed by atoms with van der Waals surface area (Å²) < 4.78 is 5.20. The summed E-state index contributed by atoms with van der Waals surface area (Å²) in [6, 6.07) is 7.64. The van der Waals surface area contributed by atoms with Crippen LogP contribution in [0.3, 0.4) is 0 Å². The maximum Gasteiger partial charge on any atom is 0.167 e. The van der Waals surface area contributed by atoms with Crippen molar-refractivity contribution in [1.82, 2.24) is 0 Å². The number of hydrogen-bond acceptors (Lipinski definition) is 2. The molecule has 64 valence electrons. The van der Waals surface area contributed by atoms with E-state index in [1.54, 1.807) is 0 Å². The van der Waals surface area contributed by atoms with Gasteiger partial charge in [0, 0.05) is 0 Å². The first-order valence-corrected chi connectivity index (χ1v) is 3.87. The molecule has 0 atom stereocenters. The second-order valence-electron chi connectivity index (χ2n) is 2.81. The molecule has 0 aliphatic carbocycles. The Bertz CT molecular complexity index is 279. The predicted octanol–water partition coefficient (Wildman–Crippen LogP) is 1.96. The molecule has 0 unspecified atom stereocenters. The molecule has 0 bridgehead atoms. The van der Waals surface area contributed by atoms with Gasteiger partial charge in [-0.2, -0.15) is 0 Å². The zero-order valence-electron chi connectivity index (χ0n) is 7.33. The van der Waals surface area contributed by atoms with E-state index in [-0.39, 0.29) is 12.4 Å². The lowest BCUT2D eigenvalue weighted by molar-refractivity contribution is -0.118. The average molecular weight is 164 g/mol. The molecule has 0 aliphatic rings. The Morgan fingerprint density at radius 1 is 1.50 bits per heavy atom. The summed E-state index contributed by atoms with van der Waals surface area (Å²) >= 11 is 0. The summed E-state index contributed by atoms with van der Waals surface area (Å²) in [5.41, 5.74) is 1.14. The van der Waals surface area contributed by atoms with Crippen LogP contribution in [0.2, 0.25) is 0 Å². The Labute approximate surface area is 72.2 Å². The summed E-state index contributed by atoms with van der Waals surface area (Å²) in [6.45, 7) is 3.65.